The van der Waals surface area contributed by atoms with Gasteiger partial charge in [0.05, 0.1) is 30.8 Å². The van der Waals surface area contributed by atoms with Crippen LogP contribution in [0.5, 0.6) is 0 Å². The molecule has 0 spiro atoms. The first kappa shape index (κ1) is 40.8. The fourth-order valence-corrected chi connectivity index (χ4v) is 4.92. The fraction of sp³-hybridized carbons (Fsp3) is 0.697. The first-order valence-corrected chi connectivity index (χ1v) is 15.2. The first-order chi connectivity index (χ1) is 20.4. The molecule has 0 aromatic carbocycles. The lowest BCUT2D eigenvalue weighted by Gasteiger charge is -2.33. The van der Waals surface area contributed by atoms with Crippen LogP contribution in [0.3, 0.4) is 0 Å². The highest BCUT2D eigenvalue weighted by Crippen LogP contribution is 2.14. The summed E-state index contributed by atoms with van der Waals surface area (Å²) in [5, 5.41) is 0. The number of nitrogens with zero attached hydrogens (tertiary/aromatic N) is 2. The van der Waals surface area contributed by atoms with Crippen LogP contribution in [0.25, 0.3) is 0 Å². The molecule has 0 fully saturated rings. The summed E-state index contributed by atoms with van der Waals surface area (Å²) in [5.41, 5.74) is 0. The summed E-state index contributed by atoms with van der Waals surface area (Å²) in [5.74, 6) is -0.531. The largest absolute Gasteiger partial charge is 0.494 e. The molecule has 0 rings (SSSR count). The molecule has 0 saturated heterocycles. The Morgan fingerprint density at radius 1 is 0.545 bits per heavy atom. The van der Waals surface area contributed by atoms with Crippen LogP contribution in [0.2, 0.25) is 0 Å². The summed E-state index contributed by atoms with van der Waals surface area (Å²) in [6.07, 6.45) is -1.01. The zero-order valence-electron chi connectivity index (χ0n) is 28.1. The van der Waals surface area contributed by atoms with E-state index in [0.29, 0.717) is 50.8 Å². The number of ketones is 5. The minimum atomic E-state index is -0.591. The predicted octanol–water partition coefficient (Wildman–Crippen LogP) is 3.87. The summed E-state index contributed by atoms with van der Waals surface area (Å²) < 4.78 is 17.2. The molecule has 11 heteroatoms. The molecule has 0 aliphatic heterocycles. The summed E-state index contributed by atoms with van der Waals surface area (Å²) in [6.45, 7) is 23.7. The van der Waals surface area contributed by atoms with Crippen molar-refractivity contribution in [1.82, 2.24) is 9.80 Å². The van der Waals surface area contributed by atoms with E-state index in [9.17, 15) is 28.8 Å². The second-order valence-electron chi connectivity index (χ2n) is 12.1. The van der Waals surface area contributed by atoms with Crippen molar-refractivity contribution < 1.29 is 43.0 Å². The van der Waals surface area contributed by atoms with E-state index < -0.39 is 12.1 Å². The normalized spacial score (nSPS) is 13.9. The Kier molecular flexibility index (Phi) is 20.0. The molecule has 0 bridgehead atoms. The van der Waals surface area contributed by atoms with Gasteiger partial charge in [-0.2, -0.15) is 0 Å². The molecule has 4 atom stereocenters. The van der Waals surface area contributed by atoms with Crippen molar-refractivity contribution >= 4 is 34.9 Å². The molecule has 0 saturated carbocycles. The lowest BCUT2D eigenvalue weighted by molar-refractivity contribution is -0.151. The van der Waals surface area contributed by atoms with Gasteiger partial charge in [-0.3, -0.25) is 38.6 Å². The van der Waals surface area contributed by atoms with E-state index in [1.54, 1.807) is 6.92 Å². The highest BCUT2D eigenvalue weighted by Gasteiger charge is 2.22. The Bertz CT molecular complexity index is 867. The van der Waals surface area contributed by atoms with E-state index in [1.165, 1.54) is 27.7 Å². The number of hydrogen-bond donors (Lipinski definition) is 0. The number of carbonyl (C=O) groups excluding carboxylic acids is 6. The van der Waals surface area contributed by atoms with E-state index in [0.717, 1.165) is 0 Å². The maximum Gasteiger partial charge on any atom is 0.313 e. The van der Waals surface area contributed by atoms with Gasteiger partial charge in [-0.05, 0) is 54.4 Å². The van der Waals surface area contributed by atoms with Gasteiger partial charge in [0.2, 0.25) is 0 Å². The maximum atomic E-state index is 12.3. The van der Waals surface area contributed by atoms with Crippen molar-refractivity contribution in [3.8, 4) is 0 Å². The van der Waals surface area contributed by atoms with Gasteiger partial charge < -0.3 is 14.2 Å². The van der Waals surface area contributed by atoms with Crippen molar-refractivity contribution in [1.29, 1.82) is 0 Å². The number of Topliss-reactive ketones (excluding diaryl/α,β-unsaturated/α-hetero) is 5. The Morgan fingerprint density at radius 3 is 1.30 bits per heavy atom. The highest BCUT2D eigenvalue weighted by atomic mass is 16.5. The van der Waals surface area contributed by atoms with Crippen LogP contribution < -0.4 is 0 Å². The minimum Gasteiger partial charge on any atom is -0.494 e. The standard InChI is InChI=1S/C33H54N2O9/c1-22(13-32(40)16-25(4)38)18-34(19-29(8)42-27(6)14-23(2)36)11-12-35(20-30(9)43-28(7)15-24(3)37)21-31(10)44-33(41)17-26(5)39/h22,29-31H,6-7,11-21H2,1-5,8-10H3. The summed E-state index contributed by atoms with van der Waals surface area (Å²) in [4.78, 5) is 74.3. The second-order valence-corrected chi connectivity index (χ2v) is 12.1. The maximum absolute atomic E-state index is 12.3. The van der Waals surface area contributed by atoms with Crippen LogP contribution in [0.4, 0.5) is 0 Å². The van der Waals surface area contributed by atoms with Gasteiger partial charge in [-0.1, -0.05) is 20.1 Å². The fourth-order valence-electron chi connectivity index (χ4n) is 4.92. The number of esters is 1. The number of carbonyl (C=O) groups is 6. The first-order valence-electron chi connectivity index (χ1n) is 15.2. The summed E-state index contributed by atoms with van der Waals surface area (Å²) >= 11 is 0. The van der Waals surface area contributed by atoms with Gasteiger partial charge in [-0.15, -0.1) is 0 Å². The Hall–Kier alpha value is -3.18. The quantitative estimate of drug-likeness (QED) is 0.0790. The Morgan fingerprint density at radius 2 is 0.909 bits per heavy atom. The predicted molar refractivity (Wildman–Crippen MR) is 168 cm³/mol. The van der Waals surface area contributed by atoms with Gasteiger partial charge in [-0.25, -0.2) is 0 Å². The van der Waals surface area contributed by atoms with Gasteiger partial charge in [0, 0.05) is 45.7 Å². The van der Waals surface area contributed by atoms with Gasteiger partial charge >= 0.3 is 5.97 Å². The van der Waals surface area contributed by atoms with E-state index in [1.807, 2.05) is 20.8 Å². The molecular formula is C33H54N2O9. The van der Waals surface area contributed by atoms with E-state index in [2.05, 4.69) is 23.0 Å². The van der Waals surface area contributed by atoms with Crippen molar-refractivity contribution in [3.05, 3.63) is 24.7 Å². The topological polar surface area (TPSA) is 137 Å². The number of allylic oxidation sites excluding steroid dienone is 2. The van der Waals surface area contributed by atoms with Gasteiger partial charge in [0.25, 0.3) is 0 Å². The smallest absolute Gasteiger partial charge is 0.313 e. The average molecular weight is 623 g/mol. The zero-order chi connectivity index (χ0) is 34.0. The van der Waals surface area contributed by atoms with Gasteiger partial charge in [0.15, 0.2) is 0 Å². The van der Waals surface area contributed by atoms with E-state index in [-0.39, 0.29) is 79.1 Å². The third-order valence-corrected chi connectivity index (χ3v) is 6.22. The third kappa shape index (κ3) is 22.4. The molecule has 0 heterocycles. The molecular weight excluding hydrogens is 568 g/mol. The molecule has 0 aliphatic carbocycles. The number of ether oxygens (including phenoxy) is 3. The Labute approximate surface area is 263 Å². The average Bonchev–Trinajstić information content (AvgIpc) is 2.79. The highest BCUT2D eigenvalue weighted by molar-refractivity contribution is 5.98. The van der Waals surface area contributed by atoms with Crippen molar-refractivity contribution in [2.24, 2.45) is 5.92 Å². The SMILES string of the molecule is C=C(CC(C)=O)OC(C)CN(CCN(CC(C)OC(=C)CC(C)=O)CC(C)OC(=O)CC(C)=O)CC(C)CC(=O)CC(C)=O. The molecule has 4 unspecified atom stereocenters. The van der Waals surface area contributed by atoms with E-state index in [4.69, 9.17) is 14.2 Å². The molecule has 11 nitrogen and oxygen atoms in total. The van der Waals surface area contributed by atoms with Crippen molar-refractivity contribution in [3.63, 3.8) is 0 Å². The second kappa shape index (κ2) is 21.5. The monoisotopic (exact) mass is 622 g/mol. The molecule has 0 amide bonds. The lowest BCUT2D eigenvalue weighted by atomic mass is 10.0. The van der Waals surface area contributed by atoms with Crippen LogP contribution in [0.15, 0.2) is 24.7 Å². The number of hydrogen-bond acceptors (Lipinski definition) is 11. The molecule has 0 aromatic heterocycles. The molecule has 44 heavy (non-hydrogen) atoms. The lowest BCUT2D eigenvalue weighted by Crippen LogP contribution is -2.45. The van der Waals surface area contributed by atoms with E-state index >= 15 is 0 Å². The Balaban J connectivity index is 5.73. The molecule has 0 radical (unpaired) electrons. The number of rotatable bonds is 26. The van der Waals surface area contributed by atoms with Crippen LogP contribution in [0.1, 0.15) is 87.5 Å². The zero-order valence-corrected chi connectivity index (χ0v) is 28.1. The molecule has 0 N–H and O–H groups in total. The van der Waals surface area contributed by atoms with Crippen molar-refractivity contribution in [2.75, 3.05) is 39.3 Å². The third-order valence-electron chi connectivity index (χ3n) is 6.22. The van der Waals surface area contributed by atoms with Crippen molar-refractivity contribution in [2.45, 2.75) is 106 Å². The van der Waals surface area contributed by atoms with Crippen LogP contribution in [0, 0.1) is 5.92 Å². The molecule has 250 valence electrons. The van der Waals surface area contributed by atoms with Crippen LogP contribution in [-0.4, -0.2) is 102 Å². The van der Waals surface area contributed by atoms with Gasteiger partial charge in [0.1, 0.15) is 53.6 Å². The summed E-state index contributed by atoms with van der Waals surface area (Å²) in [6, 6.07) is 0. The van der Waals surface area contributed by atoms with Crippen LogP contribution >= 0.6 is 0 Å². The minimum absolute atomic E-state index is 0.0356. The molecule has 0 aromatic rings. The molecule has 0 aliphatic rings. The van der Waals surface area contributed by atoms with Crippen LogP contribution in [-0.2, 0) is 43.0 Å². The summed E-state index contributed by atoms with van der Waals surface area (Å²) in [7, 11) is 0.